The monoisotopic (exact) mass is 470 g/mol. The zero-order valence-corrected chi connectivity index (χ0v) is 19.4. The van der Waals surface area contributed by atoms with E-state index in [1.165, 1.54) is 18.7 Å². The average molecular weight is 471 g/mol. The van der Waals surface area contributed by atoms with Gasteiger partial charge in [-0.1, -0.05) is 35.5 Å². The van der Waals surface area contributed by atoms with Gasteiger partial charge in [0.25, 0.3) is 0 Å². The molecule has 0 aliphatic carbocycles. The number of benzene rings is 2. The smallest absolute Gasteiger partial charge is 0.234 e. The van der Waals surface area contributed by atoms with E-state index >= 15 is 0 Å². The predicted octanol–water partition coefficient (Wildman–Crippen LogP) is 4.94. The van der Waals surface area contributed by atoms with Crippen LogP contribution in [0.3, 0.4) is 0 Å². The van der Waals surface area contributed by atoms with Crippen molar-refractivity contribution >= 4 is 40.7 Å². The molecule has 2 aromatic carbocycles. The summed E-state index contributed by atoms with van der Waals surface area (Å²) in [6, 6.07) is 12.3. The Kier molecular flexibility index (Phi) is 8.08. The molecule has 0 aliphatic heterocycles. The molecule has 0 unspecified atom stereocenters. The lowest BCUT2D eigenvalue weighted by Crippen LogP contribution is -2.15. The molecule has 1 N–H and O–H groups in total. The van der Waals surface area contributed by atoms with E-state index in [-0.39, 0.29) is 24.1 Å². The Morgan fingerprint density at radius 3 is 2.66 bits per heavy atom. The van der Waals surface area contributed by atoms with Crippen molar-refractivity contribution in [3.05, 3.63) is 77.1 Å². The summed E-state index contributed by atoms with van der Waals surface area (Å²) in [5.41, 5.74) is 2.25. The third-order valence-corrected chi connectivity index (χ3v) is 5.74. The summed E-state index contributed by atoms with van der Waals surface area (Å²) in [4.78, 5) is 23.7. The maximum Gasteiger partial charge on any atom is 0.234 e. The van der Waals surface area contributed by atoms with E-state index in [0.717, 1.165) is 5.56 Å². The van der Waals surface area contributed by atoms with E-state index in [9.17, 15) is 9.59 Å². The minimum atomic E-state index is -0.192. The lowest BCUT2D eigenvalue weighted by molar-refractivity contribution is -0.113. The van der Waals surface area contributed by atoms with Crippen LogP contribution in [0.15, 0.2) is 60.3 Å². The normalized spacial score (nSPS) is 10.6. The number of carbonyl (C=O) groups excluding carboxylic acids is 2. The minimum Gasteiger partial charge on any atom is -0.484 e. The molecule has 0 fully saturated rings. The number of hydrogen-bond donors (Lipinski definition) is 1. The van der Waals surface area contributed by atoms with Crippen LogP contribution in [0.5, 0.6) is 5.75 Å². The Labute approximate surface area is 195 Å². The van der Waals surface area contributed by atoms with Gasteiger partial charge in [-0.3, -0.25) is 14.2 Å². The second-order valence-electron chi connectivity index (χ2n) is 6.99. The Morgan fingerprint density at radius 2 is 1.97 bits per heavy atom. The molecular weight excluding hydrogens is 448 g/mol. The largest absolute Gasteiger partial charge is 0.484 e. The SMILES string of the molecule is C=CCn1c(COc2cc(C)ccc2Cl)nnc1SCC(=O)Nc1ccc(C(C)=O)cc1. The third kappa shape index (κ3) is 6.21. The van der Waals surface area contributed by atoms with Crippen LogP contribution in [0.2, 0.25) is 5.02 Å². The van der Waals surface area contributed by atoms with Crippen LogP contribution in [-0.4, -0.2) is 32.2 Å². The lowest BCUT2D eigenvalue weighted by atomic mass is 10.1. The number of aromatic nitrogens is 3. The van der Waals surface area contributed by atoms with Crippen molar-refractivity contribution in [2.75, 3.05) is 11.1 Å². The van der Waals surface area contributed by atoms with Gasteiger partial charge in [0.2, 0.25) is 5.91 Å². The zero-order valence-electron chi connectivity index (χ0n) is 17.8. The first-order valence-electron chi connectivity index (χ1n) is 9.83. The summed E-state index contributed by atoms with van der Waals surface area (Å²) in [5, 5.41) is 12.3. The van der Waals surface area contributed by atoms with Gasteiger partial charge >= 0.3 is 0 Å². The molecule has 1 heterocycles. The number of halogens is 1. The maximum absolute atomic E-state index is 12.3. The molecule has 0 saturated heterocycles. The number of amides is 1. The van der Waals surface area contributed by atoms with Gasteiger partial charge in [0.05, 0.1) is 10.8 Å². The molecule has 7 nitrogen and oxygen atoms in total. The van der Waals surface area contributed by atoms with Gasteiger partial charge < -0.3 is 10.1 Å². The first-order valence-corrected chi connectivity index (χ1v) is 11.2. The van der Waals surface area contributed by atoms with Gasteiger partial charge in [-0.25, -0.2) is 0 Å². The molecule has 0 saturated carbocycles. The molecule has 0 atom stereocenters. The van der Waals surface area contributed by atoms with Gasteiger partial charge in [0, 0.05) is 17.8 Å². The van der Waals surface area contributed by atoms with Crippen LogP contribution in [0.4, 0.5) is 5.69 Å². The van der Waals surface area contributed by atoms with Crippen LogP contribution in [0.25, 0.3) is 0 Å². The van der Waals surface area contributed by atoms with E-state index in [0.29, 0.717) is 39.5 Å². The van der Waals surface area contributed by atoms with Gasteiger partial charge in [0.1, 0.15) is 12.4 Å². The zero-order chi connectivity index (χ0) is 23.1. The van der Waals surface area contributed by atoms with Gasteiger partial charge in [0.15, 0.2) is 16.8 Å². The quantitative estimate of drug-likeness (QED) is 0.256. The molecule has 0 radical (unpaired) electrons. The summed E-state index contributed by atoms with van der Waals surface area (Å²) in [6.45, 7) is 7.89. The fourth-order valence-corrected chi connectivity index (χ4v) is 3.76. The number of ether oxygens (including phenoxy) is 1. The number of ketones is 1. The maximum atomic E-state index is 12.3. The number of nitrogens with zero attached hydrogens (tertiary/aromatic N) is 3. The highest BCUT2D eigenvalue weighted by Gasteiger charge is 2.15. The molecule has 0 spiro atoms. The van der Waals surface area contributed by atoms with Crippen molar-refractivity contribution in [2.24, 2.45) is 0 Å². The van der Waals surface area contributed by atoms with Crippen LogP contribution >= 0.6 is 23.4 Å². The fraction of sp³-hybridized carbons (Fsp3) is 0.217. The average Bonchev–Trinajstić information content (AvgIpc) is 3.15. The molecule has 3 rings (SSSR count). The number of hydrogen-bond acceptors (Lipinski definition) is 6. The molecule has 32 heavy (non-hydrogen) atoms. The molecule has 1 amide bonds. The van der Waals surface area contributed by atoms with Crippen molar-refractivity contribution in [3.63, 3.8) is 0 Å². The molecule has 0 bridgehead atoms. The van der Waals surface area contributed by atoms with Crippen LogP contribution in [-0.2, 0) is 17.9 Å². The summed E-state index contributed by atoms with van der Waals surface area (Å²) in [5.74, 6) is 1.11. The Hall–Kier alpha value is -3.10. The van der Waals surface area contributed by atoms with Crippen molar-refractivity contribution < 1.29 is 14.3 Å². The lowest BCUT2D eigenvalue weighted by Gasteiger charge is -2.11. The van der Waals surface area contributed by atoms with E-state index in [1.54, 1.807) is 36.4 Å². The number of thioether (sulfide) groups is 1. The van der Waals surface area contributed by atoms with Gasteiger partial charge in [-0.2, -0.15) is 0 Å². The van der Waals surface area contributed by atoms with Gasteiger partial charge in [-0.15, -0.1) is 16.8 Å². The summed E-state index contributed by atoms with van der Waals surface area (Å²) in [6.07, 6.45) is 1.73. The van der Waals surface area contributed by atoms with Crippen LogP contribution in [0.1, 0.15) is 28.7 Å². The van der Waals surface area contributed by atoms with Crippen molar-refractivity contribution in [2.45, 2.75) is 32.2 Å². The number of Topliss-reactive ketones (excluding diaryl/α,β-unsaturated/α-hetero) is 1. The van der Waals surface area contributed by atoms with Crippen LogP contribution < -0.4 is 10.1 Å². The summed E-state index contributed by atoms with van der Waals surface area (Å²) < 4.78 is 7.68. The summed E-state index contributed by atoms with van der Waals surface area (Å²) >= 11 is 7.46. The standard InChI is InChI=1S/C23H23ClN4O3S/c1-4-11-28-21(13-31-20-12-15(2)5-10-19(20)24)26-27-23(28)32-14-22(30)25-18-8-6-17(7-9-18)16(3)29/h4-10,12H,1,11,13-14H2,2-3H3,(H,25,30). The number of carbonyl (C=O) groups is 2. The molecule has 1 aromatic heterocycles. The Balaban J connectivity index is 1.61. The van der Waals surface area contributed by atoms with Crippen molar-refractivity contribution in [3.8, 4) is 5.75 Å². The predicted molar refractivity (Wildman–Crippen MR) is 127 cm³/mol. The van der Waals surface area contributed by atoms with E-state index in [4.69, 9.17) is 16.3 Å². The molecular formula is C23H23ClN4O3S. The van der Waals surface area contributed by atoms with E-state index < -0.39 is 0 Å². The Bertz CT molecular complexity index is 1130. The number of allylic oxidation sites excluding steroid dienone is 1. The number of nitrogens with one attached hydrogen (secondary N) is 1. The van der Waals surface area contributed by atoms with Crippen molar-refractivity contribution in [1.82, 2.24) is 14.8 Å². The number of rotatable bonds is 10. The molecule has 0 aliphatic rings. The molecule has 166 valence electrons. The summed E-state index contributed by atoms with van der Waals surface area (Å²) in [7, 11) is 0. The molecule has 9 heteroatoms. The minimum absolute atomic E-state index is 0.0237. The third-order valence-electron chi connectivity index (χ3n) is 4.46. The van der Waals surface area contributed by atoms with Gasteiger partial charge in [-0.05, 0) is 55.8 Å². The first kappa shape index (κ1) is 23.6. The van der Waals surface area contributed by atoms with Crippen molar-refractivity contribution in [1.29, 1.82) is 0 Å². The Morgan fingerprint density at radius 1 is 1.22 bits per heavy atom. The van der Waals surface area contributed by atoms with Crippen LogP contribution in [0, 0.1) is 6.92 Å². The highest BCUT2D eigenvalue weighted by atomic mass is 35.5. The molecule has 3 aromatic rings. The topological polar surface area (TPSA) is 86.1 Å². The second-order valence-corrected chi connectivity index (χ2v) is 8.34. The fourth-order valence-electron chi connectivity index (χ4n) is 2.82. The first-order chi connectivity index (χ1) is 15.4. The highest BCUT2D eigenvalue weighted by molar-refractivity contribution is 7.99. The second kappa shape index (κ2) is 11.0. The number of anilines is 1. The van der Waals surface area contributed by atoms with E-state index in [1.807, 2.05) is 23.6 Å². The highest BCUT2D eigenvalue weighted by Crippen LogP contribution is 2.26. The van der Waals surface area contributed by atoms with E-state index in [2.05, 4.69) is 22.1 Å². The number of aryl methyl sites for hydroxylation is 1.